The first kappa shape index (κ1) is 28.0. The van der Waals surface area contributed by atoms with Crippen molar-refractivity contribution in [3.8, 4) is 0 Å². The fourth-order valence-corrected chi connectivity index (χ4v) is 3.90. The Morgan fingerprint density at radius 1 is 0.714 bits per heavy atom. The topological polar surface area (TPSA) is 96.2 Å². The maximum Gasteiger partial charge on any atom is 0.472 e. The molecule has 7 heteroatoms. The van der Waals surface area contributed by atoms with Crippen LogP contribution in [0.2, 0.25) is 0 Å². The van der Waals surface area contributed by atoms with E-state index in [9.17, 15) is 9.46 Å². The van der Waals surface area contributed by atoms with Crippen LogP contribution in [0.25, 0.3) is 0 Å². The molecule has 6 nitrogen and oxygen atoms in total. The molecule has 0 aliphatic heterocycles. The number of aliphatic hydroxyl groups excluding tert-OH is 2. The van der Waals surface area contributed by atoms with Gasteiger partial charge in [-0.15, -0.1) is 0 Å². The Morgan fingerprint density at radius 2 is 1.11 bits per heavy atom. The molecule has 3 N–H and O–H groups in total. The fourth-order valence-electron chi connectivity index (χ4n) is 3.10. The standard InChI is InChI=1S/C21H45O6P/c1-2-3-4-5-6-7-8-9-10-11-12-13-14-15-16-17-18-26-28(24,25)27-20-21(23)19-22/h21-23H,2-20H2,1H3,(H,24,25). The van der Waals surface area contributed by atoms with Crippen molar-refractivity contribution in [2.75, 3.05) is 19.8 Å². The maximum absolute atomic E-state index is 11.5. The Balaban J connectivity index is 3.24. The maximum atomic E-state index is 11.5. The van der Waals surface area contributed by atoms with Crippen LogP contribution in [0, 0.1) is 0 Å². The van der Waals surface area contributed by atoms with Crippen molar-refractivity contribution in [2.45, 2.75) is 116 Å². The second kappa shape index (κ2) is 20.3. The van der Waals surface area contributed by atoms with E-state index in [4.69, 9.17) is 14.7 Å². The molecule has 0 aliphatic rings. The van der Waals surface area contributed by atoms with Crippen molar-refractivity contribution < 1.29 is 28.7 Å². The van der Waals surface area contributed by atoms with Gasteiger partial charge in [-0.3, -0.25) is 9.05 Å². The summed E-state index contributed by atoms with van der Waals surface area (Å²) in [5.41, 5.74) is 0. The highest BCUT2D eigenvalue weighted by molar-refractivity contribution is 7.47. The van der Waals surface area contributed by atoms with Gasteiger partial charge in [0.2, 0.25) is 0 Å². The van der Waals surface area contributed by atoms with Crippen LogP contribution in [0.5, 0.6) is 0 Å². The summed E-state index contributed by atoms with van der Waals surface area (Å²) in [5.74, 6) is 0. The normalized spacial score (nSPS) is 14.9. The van der Waals surface area contributed by atoms with Gasteiger partial charge in [0.15, 0.2) is 0 Å². The third kappa shape index (κ3) is 20.8. The molecule has 0 aliphatic carbocycles. The van der Waals surface area contributed by atoms with Crippen molar-refractivity contribution >= 4 is 7.82 Å². The monoisotopic (exact) mass is 424 g/mol. The fraction of sp³-hybridized carbons (Fsp3) is 1.00. The third-order valence-corrected chi connectivity index (χ3v) is 5.88. The predicted molar refractivity (Wildman–Crippen MR) is 114 cm³/mol. The van der Waals surface area contributed by atoms with E-state index in [0.29, 0.717) is 6.42 Å². The molecule has 0 spiro atoms. The summed E-state index contributed by atoms with van der Waals surface area (Å²) in [5, 5.41) is 17.7. The Kier molecular flexibility index (Phi) is 20.3. The lowest BCUT2D eigenvalue weighted by Crippen LogP contribution is -2.18. The number of hydrogen-bond donors (Lipinski definition) is 3. The summed E-state index contributed by atoms with van der Waals surface area (Å²) in [6.45, 7) is 1.50. The van der Waals surface area contributed by atoms with Crippen LogP contribution in [0.3, 0.4) is 0 Å². The van der Waals surface area contributed by atoms with Gasteiger partial charge in [0.1, 0.15) is 6.10 Å². The summed E-state index contributed by atoms with van der Waals surface area (Å²) in [4.78, 5) is 9.40. The molecular formula is C21H45O6P. The Bertz CT molecular complexity index is 367. The first-order valence-corrected chi connectivity index (χ1v) is 12.9. The van der Waals surface area contributed by atoms with Gasteiger partial charge in [0.25, 0.3) is 0 Å². The quantitative estimate of drug-likeness (QED) is 0.152. The summed E-state index contributed by atoms with van der Waals surface area (Å²) < 4.78 is 20.9. The molecule has 0 radical (unpaired) electrons. The zero-order chi connectivity index (χ0) is 20.9. The Hall–Kier alpha value is 0.0300. The highest BCUT2D eigenvalue weighted by Gasteiger charge is 2.22. The van der Waals surface area contributed by atoms with Crippen molar-refractivity contribution in [1.82, 2.24) is 0 Å². The summed E-state index contributed by atoms with van der Waals surface area (Å²) in [6.07, 6.45) is 19.2. The molecule has 0 amide bonds. The highest BCUT2D eigenvalue weighted by atomic mass is 31.2. The zero-order valence-corrected chi connectivity index (χ0v) is 18.9. The van der Waals surface area contributed by atoms with E-state index in [1.165, 1.54) is 83.5 Å². The zero-order valence-electron chi connectivity index (χ0n) is 18.0. The number of unbranched alkanes of at least 4 members (excludes halogenated alkanes) is 15. The summed E-state index contributed by atoms with van der Waals surface area (Å²) in [6, 6.07) is 0. The first-order valence-electron chi connectivity index (χ1n) is 11.4. The van der Waals surface area contributed by atoms with Crippen LogP contribution < -0.4 is 0 Å². The number of rotatable bonds is 22. The van der Waals surface area contributed by atoms with Gasteiger partial charge in [-0.05, 0) is 6.42 Å². The molecule has 0 aromatic heterocycles. The number of hydrogen-bond acceptors (Lipinski definition) is 5. The van der Waals surface area contributed by atoms with Gasteiger partial charge in [-0.25, -0.2) is 4.57 Å². The van der Waals surface area contributed by atoms with Crippen LogP contribution in [-0.4, -0.2) is 41.0 Å². The molecule has 28 heavy (non-hydrogen) atoms. The Morgan fingerprint density at radius 3 is 1.50 bits per heavy atom. The smallest absolute Gasteiger partial charge is 0.394 e. The van der Waals surface area contributed by atoms with Gasteiger partial charge in [-0.2, -0.15) is 0 Å². The van der Waals surface area contributed by atoms with Crippen LogP contribution in [-0.2, 0) is 13.6 Å². The lowest BCUT2D eigenvalue weighted by molar-refractivity contribution is 0.0361. The average molecular weight is 425 g/mol. The van der Waals surface area contributed by atoms with E-state index in [0.717, 1.165) is 12.8 Å². The minimum Gasteiger partial charge on any atom is -0.394 e. The van der Waals surface area contributed by atoms with Crippen LogP contribution in [0.1, 0.15) is 110 Å². The number of aliphatic hydroxyl groups is 2. The Labute approximate surface area is 172 Å². The predicted octanol–water partition coefficient (Wildman–Crippen LogP) is 5.73. The van der Waals surface area contributed by atoms with Gasteiger partial charge in [-0.1, -0.05) is 103 Å². The van der Waals surface area contributed by atoms with Crippen LogP contribution in [0.4, 0.5) is 0 Å². The van der Waals surface area contributed by atoms with E-state index in [2.05, 4.69) is 11.4 Å². The molecule has 0 bridgehead atoms. The second-order valence-corrected chi connectivity index (χ2v) is 9.19. The molecule has 170 valence electrons. The van der Waals surface area contributed by atoms with Crippen molar-refractivity contribution in [3.05, 3.63) is 0 Å². The van der Waals surface area contributed by atoms with Crippen molar-refractivity contribution in [3.63, 3.8) is 0 Å². The van der Waals surface area contributed by atoms with Crippen LogP contribution >= 0.6 is 7.82 Å². The summed E-state index contributed by atoms with van der Waals surface area (Å²) in [7, 11) is -4.12. The molecule has 0 aromatic rings. The second-order valence-electron chi connectivity index (χ2n) is 7.74. The molecule has 2 atom stereocenters. The summed E-state index contributed by atoms with van der Waals surface area (Å²) >= 11 is 0. The minimum atomic E-state index is -4.12. The molecule has 0 rings (SSSR count). The lowest BCUT2D eigenvalue weighted by Gasteiger charge is -2.13. The van der Waals surface area contributed by atoms with Gasteiger partial charge < -0.3 is 15.1 Å². The lowest BCUT2D eigenvalue weighted by atomic mass is 10.0. The molecule has 0 aromatic carbocycles. The average Bonchev–Trinajstić information content (AvgIpc) is 2.68. The molecule has 0 heterocycles. The molecule has 0 saturated heterocycles. The van der Waals surface area contributed by atoms with E-state index in [-0.39, 0.29) is 6.61 Å². The van der Waals surface area contributed by atoms with Crippen molar-refractivity contribution in [1.29, 1.82) is 0 Å². The largest absolute Gasteiger partial charge is 0.472 e. The minimum absolute atomic E-state index is 0.168. The SMILES string of the molecule is CCCCCCCCCCCCCCCCCCOP(=O)(O)OCC(O)CO. The van der Waals surface area contributed by atoms with Gasteiger partial charge in [0, 0.05) is 0 Å². The molecular weight excluding hydrogens is 379 g/mol. The van der Waals surface area contributed by atoms with Crippen molar-refractivity contribution in [2.24, 2.45) is 0 Å². The number of phosphoric ester groups is 1. The van der Waals surface area contributed by atoms with E-state index >= 15 is 0 Å². The van der Waals surface area contributed by atoms with E-state index < -0.39 is 27.1 Å². The molecule has 0 fully saturated rings. The molecule has 0 saturated carbocycles. The van der Waals surface area contributed by atoms with Gasteiger partial charge >= 0.3 is 7.82 Å². The third-order valence-electron chi connectivity index (χ3n) is 4.89. The van der Waals surface area contributed by atoms with E-state index in [1.54, 1.807) is 0 Å². The highest BCUT2D eigenvalue weighted by Crippen LogP contribution is 2.43. The van der Waals surface area contributed by atoms with Gasteiger partial charge in [0.05, 0.1) is 19.8 Å². The number of phosphoric acid groups is 1. The first-order chi connectivity index (χ1) is 13.5. The van der Waals surface area contributed by atoms with Crippen LogP contribution in [0.15, 0.2) is 0 Å². The van der Waals surface area contributed by atoms with E-state index in [1.807, 2.05) is 0 Å². The molecule has 2 unspecified atom stereocenters.